The molecule has 2 rings (SSSR count). The Kier molecular flexibility index (Phi) is 7.25. The first-order chi connectivity index (χ1) is 13.1. The van der Waals surface area contributed by atoms with E-state index in [1.807, 2.05) is 0 Å². The quantitative estimate of drug-likeness (QED) is 0.654. The van der Waals surface area contributed by atoms with Crippen LogP contribution in [0.4, 0.5) is 0 Å². The van der Waals surface area contributed by atoms with Gasteiger partial charge in [-0.25, -0.2) is 13.4 Å². The number of nitrogens with two attached hydrogens (primary N) is 1. The fourth-order valence-corrected chi connectivity index (χ4v) is 4.28. The van der Waals surface area contributed by atoms with Gasteiger partial charge in [-0.1, -0.05) is 6.07 Å². The highest BCUT2D eigenvalue weighted by Gasteiger charge is 2.33. The Hall–Kier alpha value is -2.33. The molecule has 0 unspecified atom stereocenters. The van der Waals surface area contributed by atoms with Gasteiger partial charge in [0.1, 0.15) is 0 Å². The summed E-state index contributed by atoms with van der Waals surface area (Å²) in [5.41, 5.74) is 5.70. The molecule has 1 aromatic rings. The Balaban J connectivity index is 2.01. The lowest BCUT2D eigenvalue weighted by Gasteiger charge is -2.19. The number of sulfonamides is 1. The molecule has 0 bridgehead atoms. The fourth-order valence-electron chi connectivity index (χ4n) is 2.84. The normalized spacial score (nSPS) is 18.7. The lowest BCUT2D eigenvalue weighted by atomic mass is 10.0. The van der Waals surface area contributed by atoms with Crippen molar-refractivity contribution in [2.24, 2.45) is 5.73 Å². The molecule has 0 spiro atoms. The molecule has 2 heterocycles. The Morgan fingerprint density at radius 1 is 1.32 bits per heavy atom. The van der Waals surface area contributed by atoms with Gasteiger partial charge in [0.2, 0.25) is 11.8 Å². The molecule has 3 N–H and O–H groups in total. The highest BCUT2D eigenvalue weighted by molar-refractivity contribution is 7.89. The first-order valence-corrected chi connectivity index (χ1v) is 10.4. The number of aryl methyl sites for hydroxylation is 1. The summed E-state index contributed by atoms with van der Waals surface area (Å²) in [6.07, 6.45) is 1.01. The van der Waals surface area contributed by atoms with Crippen molar-refractivity contribution in [1.29, 1.82) is 0 Å². The van der Waals surface area contributed by atoms with Crippen LogP contribution in [0.1, 0.15) is 38.3 Å². The number of nitrogens with zero attached hydrogens (tertiary/aromatic N) is 2. The van der Waals surface area contributed by atoms with Crippen LogP contribution in [0.3, 0.4) is 0 Å². The summed E-state index contributed by atoms with van der Waals surface area (Å²) in [6.45, 7) is 3.09. The SMILES string of the molecule is C[C](CCC(=O)N[C@H]1CCCN(S(=O)(=O)c2cccc(C)n2)CC1=O)C(N)=O. The molecule has 1 aliphatic rings. The molecule has 1 aliphatic heterocycles. The van der Waals surface area contributed by atoms with Crippen LogP contribution < -0.4 is 11.1 Å². The molecule has 1 saturated heterocycles. The number of nitrogens with one attached hydrogen (secondary N) is 1. The highest BCUT2D eigenvalue weighted by atomic mass is 32.2. The average molecular weight is 409 g/mol. The van der Waals surface area contributed by atoms with Gasteiger partial charge in [0.05, 0.1) is 18.5 Å². The Bertz CT molecular complexity index is 855. The number of hydrogen-bond acceptors (Lipinski definition) is 6. The van der Waals surface area contributed by atoms with E-state index in [2.05, 4.69) is 10.3 Å². The zero-order valence-corrected chi connectivity index (χ0v) is 16.8. The maximum atomic E-state index is 12.8. The van der Waals surface area contributed by atoms with Crippen LogP contribution in [-0.4, -0.2) is 54.4 Å². The second kappa shape index (κ2) is 9.24. The zero-order valence-electron chi connectivity index (χ0n) is 16.0. The van der Waals surface area contributed by atoms with E-state index < -0.39 is 22.0 Å². The standard InChI is InChI=1S/C18H25N4O5S/c1-12(18(19)25)8-9-16(24)21-14-6-4-10-22(11-15(14)23)28(26,27)17-7-3-5-13(2)20-17/h3,5,7,14H,4,6,8-11H2,1-2H3,(H2,19,25)(H,21,24)/t14-/m0/s1. The van der Waals surface area contributed by atoms with Gasteiger partial charge < -0.3 is 11.1 Å². The lowest BCUT2D eigenvalue weighted by Crippen LogP contribution is -2.44. The monoisotopic (exact) mass is 409 g/mol. The molecule has 1 aromatic heterocycles. The number of carbonyl (C=O) groups excluding carboxylic acids is 3. The minimum atomic E-state index is -3.89. The van der Waals surface area contributed by atoms with E-state index in [-0.39, 0.29) is 42.6 Å². The van der Waals surface area contributed by atoms with Gasteiger partial charge in [-0.3, -0.25) is 14.4 Å². The van der Waals surface area contributed by atoms with Crippen molar-refractivity contribution >= 4 is 27.6 Å². The number of hydrogen-bond donors (Lipinski definition) is 2. The second-order valence-corrected chi connectivity index (χ2v) is 8.71. The van der Waals surface area contributed by atoms with E-state index in [0.29, 0.717) is 24.5 Å². The van der Waals surface area contributed by atoms with Crippen LogP contribution in [0.5, 0.6) is 0 Å². The molecule has 0 aromatic carbocycles. The Labute approximate surface area is 164 Å². The second-order valence-electron chi connectivity index (χ2n) is 6.83. The zero-order chi connectivity index (χ0) is 20.9. The number of rotatable bonds is 7. The molecule has 1 fully saturated rings. The smallest absolute Gasteiger partial charge is 0.260 e. The summed E-state index contributed by atoms with van der Waals surface area (Å²) in [5, 5.41) is 2.54. The number of amides is 2. The molecule has 1 radical (unpaired) electrons. The van der Waals surface area contributed by atoms with Crippen LogP contribution in [0.25, 0.3) is 0 Å². The number of carbonyl (C=O) groups is 3. The number of ketones is 1. The van der Waals surface area contributed by atoms with E-state index >= 15 is 0 Å². The van der Waals surface area contributed by atoms with E-state index in [0.717, 1.165) is 4.31 Å². The molecule has 2 amide bonds. The van der Waals surface area contributed by atoms with Gasteiger partial charge >= 0.3 is 0 Å². The Morgan fingerprint density at radius 2 is 2.04 bits per heavy atom. The molecule has 0 saturated carbocycles. The summed E-state index contributed by atoms with van der Waals surface area (Å²) in [4.78, 5) is 39.6. The van der Waals surface area contributed by atoms with Gasteiger partial charge in [-0.2, -0.15) is 4.31 Å². The summed E-state index contributed by atoms with van der Waals surface area (Å²) in [7, 11) is -3.89. The predicted octanol–water partition coefficient (Wildman–Crippen LogP) is 0.0883. The fraction of sp³-hybridized carbons (Fsp3) is 0.500. The third-order valence-corrected chi connectivity index (χ3v) is 6.32. The van der Waals surface area contributed by atoms with E-state index in [1.165, 1.54) is 6.07 Å². The number of pyridine rings is 1. The average Bonchev–Trinajstić information content (AvgIpc) is 2.81. The molecule has 0 aliphatic carbocycles. The predicted molar refractivity (Wildman–Crippen MR) is 101 cm³/mol. The van der Waals surface area contributed by atoms with Crippen molar-refractivity contribution in [3.05, 3.63) is 29.8 Å². The van der Waals surface area contributed by atoms with Crippen molar-refractivity contribution in [2.45, 2.75) is 50.6 Å². The maximum absolute atomic E-state index is 12.8. The maximum Gasteiger partial charge on any atom is 0.260 e. The molecule has 1 atom stereocenters. The van der Waals surface area contributed by atoms with Crippen molar-refractivity contribution < 1.29 is 22.8 Å². The van der Waals surface area contributed by atoms with Gasteiger partial charge in [-0.05, 0) is 45.2 Å². The number of aromatic nitrogens is 1. The van der Waals surface area contributed by atoms with Crippen molar-refractivity contribution in [2.75, 3.05) is 13.1 Å². The van der Waals surface area contributed by atoms with Crippen molar-refractivity contribution in [3.8, 4) is 0 Å². The third-order valence-electron chi connectivity index (χ3n) is 4.57. The van der Waals surface area contributed by atoms with Crippen LogP contribution in [0.15, 0.2) is 23.2 Å². The first kappa shape index (κ1) is 22.0. The van der Waals surface area contributed by atoms with Gasteiger partial charge in [0, 0.05) is 18.7 Å². The number of Topliss-reactive ketones (excluding diaryl/α,β-unsaturated/α-hetero) is 1. The van der Waals surface area contributed by atoms with Gasteiger partial charge in [0.25, 0.3) is 10.0 Å². The van der Waals surface area contributed by atoms with Crippen LogP contribution in [0.2, 0.25) is 0 Å². The van der Waals surface area contributed by atoms with E-state index in [9.17, 15) is 22.8 Å². The van der Waals surface area contributed by atoms with Crippen molar-refractivity contribution in [3.63, 3.8) is 0 Å². The minimum Gasteiger partial charge on any atom is -0.369 e. The molecule has 10 heteroatoms. The first-order valence-electron chi connectivity index (χ1n) is 8.99. The molecule has 153 valence electrons. The van der Waals surface area contributed by atoms with Crippen LogP contribution >= 0.6 is 0 Å². The lowest BCUT2D eigenvalue weighted by molar-refractivity contribution is -0.127. The third kappa shape index (κ3) is 5.59. The minimum absolute atomic E-state index is 0.0355. The molecular weight excluding hydrogens is 384 g/mol. The Morgan fingerprint density at radius 3 is 2.68 bits per heavy atom. The van der Waals surface area contributed by atoms with Crippen LogP contribution in [-0.2, 0) is 24.4 Å². The topological polar surface area (TPSA) is 140 Å². The summed E-state index contributed by atoms with van der Waals surface area (Å²) >= 11 is 0. The number of primary amides is 1. The van der Waals surface area contributed by atoms with Crippen molar-refractivity contribution in [1.82, 2.24) is 14.6 Å². The van der Waals surface area contributed by atoms with E-state index in [4.69, 9.17) is 5.73 Å². The van der Waals surface area contributed by atoms with Gasteiger partial charge in [-0.15, -0.1) is 0 Å². The van der Waals surface area contributed by atoms with Crippen LogP contribution in [0, 0.1) is 12.8 Å². The largest absolute Gasteiger partial charge is 0.369 e. The summed E-state index contributed by atoms with van der Waals surface area (Å²) in [5.74, 6) is -0.942. The van der Waals surface area contributed by atoms with Gasteiger partial charge in [0.15, 0.2) is 10.8 Å². The highest BCUT2D eigenvalue weighted by Crippen LogP contribution is 2.18. The summed E-state index contributed by atoms with van der Waals surface area (Å²) < 4.78 is 26.7. The van der Waals surface area contributed by atoms with E-state index in [1.54, 1.807) is 26.0 Å². The molecule has 9 nitrogen and oxygen atoms in total. The molecular formula is C18H25N4O5S. The molecule has 28 heavy (non-hydrogen) atoms. The summed E-state index contributed by atoms with van der Waals surface area (Å²) in [6, 6.07) is 3.93.